The van der Waals surface area contributed by atoms with E-state index in [0.717, 1.165) is 12.1 Å². The summed E-state index contributed by atoms with van der Waals surface area (Å²) in [5.74, 6) is -4.13. The van der Waals surface area contributed by atoms with E-state index in [1.165, 1.54) is 0 Å². The number of nitrogens with zero attached hydrogens (tertiary/aromatic N) is 1. The summed E-state index contributed by atoms with van der Waals surface area (Å²) in [5.41, 5.74) is 4.66. The maximum Gasteiger partial charge on any atom is 0.323 e. The van der Waals surface area contributed by atoms with Crippen LogP contribution < -0.4 is 11.1 Å². The van der Waals surface area contributed by atoms with Gasteiger partial charge < -0.3 is 21.1 Å². The van der Waals surface area contributed by atoms with E-state index in [0.29, 0.717) is 11.0 Å². The van der Waals surface area contributed by atoms with Gasteiger partial charge in [-0.25, -0.2) is 13.6 Å². The summed E-state index contributed by atoms with van der Waals surface area (Å²) >= 11 is 0. The first-order chi connectivity index (χ1) is 9.27. The molecule has 0 atom stereocenters. The number of aliphatic carboxylic acids is 1. The van der Waals surface area contributed by atoms with Gasteiger partial charge in [-0.05, 0) is 12.1 Å². The molecule has 1 aromatic carbocycles. The molecule has 0 aromatic heterocycles. The number of hydrogen-bond donors (Lipinski definition) is 3. The van der Waals surface area contributed by atoms with Gasteiger partial charge in [-0.3, -0.25) is 9.59 Å². The van der Waals surface area contributed by atoms with Crippen LogP contribution in [0.5, 0.6) is 0 Å². The average molecular weight is 287 g/mol. The Balaban J connectivity index is 2.83. The molecular weight excluding hydrogens is 276 g/mol. The van der Waals surface area contributed by atoms with E-state index < -0.39 is 42.6 Å². The molecule has 0 unspecified atom stereocenters. The zero-order valence-corrected chi connectivity index (χ0v) is 10.1. The number of carbonyl (C=O) groups is 3. The molecule has 4 N–H and O–H groups in total. The van der Waals surface area contributed by atoms with Crippen molar-refractivity contribution in [1.82, 2.24) is 4.90 Å². The summed E-state index contributed by atoms with van der Waals surface area (Å²) in [6.45, 7) is -1.43. The highest BCUT2D eigenvalue weighted by molar-refractivity contribution is 5.93. The van der Waals surface area contributed by atoms with Crippen molar-refractivity contribution in [1.29, 1.82) is 0 Å². The van der Waals surface area contributed by atoms with Crippen molar-refractivity contribution in [3.8, 4) is 0 Å². The lowest BCUT2D eigenvalue weighted by molar-refractivity contribution is -0.137. The van der Waals surface area contributed by atoms with E-state index in [9.17, 15) is 23.2 Å². The molecular formula is C11H11F2N3O4. The third-order valence-corrected chi connectivity index (χ3v) is 2.07. The van der Waals surface area contributed by atoms with Crippen LogP contribution in [0.2, 0.25) is 0 Å². The molecule has 0 aliphatic rings. The largest absolute Gasteiger partial charge is 0.480 e. The van der Waals surface area contributed by atoms with Crippen LogP contribution in [0, 0.1) is 11.6 Å². The Labute approximate surface area is 112 Å². The van der Waals surface area contributed by atoms with Gasteiger partial charge in [-0.1, -0.05) is 0 Å². The minimum atomic E-state index is -1.37. The summed E-state index contributed by atoms with van der Waals surface area (Å²) in [4.78, 5) is 33.6. The third kappa shape index (κ3) is 4.88. The Kier molecular flexibility index (Phi) is 4.95. The van der Waals surface area contributed by atoms with Crippen molar-refractivity contribution < 1.29 is 28.3 Å². The van der Waals surface area contributed by atoms with Crippen molar-refractivity contribution in [2.75, 3.05) is 18.4 Å². The van der Waals surface area contributed by atoms with Crippen LogP contribution in [0.1, 0.15) is 0 Å². The number of primary amides is 1. The number of carboxylic acid groups (broad SMARTS) is 1. The van der Waals surface area contributed by atoms with Crippen LogP contribution >= 0.6 is 0 Å². The minimum Gasteiger partial charge on any atom is -0.480 e. The monoisotopic (exact) mass is 287 g/mol. The first kappa shape index (κ1) is 15.3. The van der Waals surface area contributed by atoms with Crippen molar-refractivity contribution >= 4 is 23.6 Å². The van der Waals surface area contributed by atoms with E-state index in [2.05, 4.69) is 5.32 Å². The molecule has 7 nitrogen and oxygen atoms in total. The lowest BCUT2D eigenvalue weighted by Crippen LogP contribution is -2.43. The van der Waals surface area contributed by atoms with Gasteiger partial charge in [0, 0.05) is 11.8 Å². The van der Waals surface area contributed by atoms with E-state index in [-0.39, 0.29) is 5.69 Å². The van der Waals surface area contributed by atoms with Gasteiger partial charge in [0.2, 0.25) is 5.91 Å². The predicted octanol–water partition coefficient (Wildman–Crippen LogP) is 0.369. The van der Waals surface area contributed by atoms with Crippen LogP contribution in [0.15, 0.2) is 18.2 Å². The molecule has 9 heteroatoms. The number of hydrogen-bond acceptors (Lipinski definition) is 3. The first-order valence-corrected chi connectivity index (χ1v) is 5.30. The Bertz CT molecular complexity index is 514. The number of urea groups is 1. The third-order valence-electron chi connectivity index (χ3n) is 2.07. The number of nitrogens with two attached hydrogens (primary N) is 1. The Morgan fingerprint density at radius 1 is 1.15 bits per heavy atom. The molecule has 20 heavy (non-hydrogen) atoms. The molecule has 0 aliphatic heterocycles. The van der Waals surface area contributed by atoms with Crippen molar-refractivity contribution in [3.63, 3.8) is 0 Å². The first-order valence-electron chi connectivity index (χ1n) is 5.30. The average Bonchev–Trinajstić information content (AvgIpc) is 2.24. The lowest BCUT2D eigenvalue weighted by atomic mass is 10.3. The number of carbonyl (C=O) groups excluding carboxylic acids is 2. The quantitative estimate of drug-likeness (QED) is 0.726. The van der Waals surface area contributed by atoms with Gasteiger partial charge in [-0.15, -0.1) is 0 Å². The molecule has 0 spiro atoms. The summed E-state index contributed by atoms with van der Waals surface area (Å²) < 4.78 is 25.9. The second-order valence-electron chi connectivity index (χ2n) is 3.80. The number of halogens is 2. The van der Waals surface area contributed by atoms with Crippen molar-refractivity contribution in [3.05, 3.63) is 29.8 Å². The summed E-state index contributed by atoms with van der Waals surface area (Å²) in [5, 5.41) is 10.7. The molecule has 3 amide bonds. The molecule has 0 radical (unpaired) electrons. The molecule has 0 saturated heterocycles. The molecule has 0 bridgehead atoms. The van der Waals surface area contributed by atoms with Crippen LogP contribution in [-0.2, 0) is 9.59 Å². The number of anilines is 1. The highest BCUT2D eigenvalue weighted by atomic mass is 19.1. The number of rotatable bonds is 5. The lowest BCUT2D eigenvalue weighted by Gasteiger charge is -2.19. The van der Waals surface area contributed by atoms with E-state index in [4.69, 9.17) is 10.8 Å². The number of carboxylic acids is 1. The van der Waals surface area contributed by atoms with E-state index in [1.54, 1.807) is 0 Å². The maximum atomic E-state index is 12.9. The molecule has 1 aromatic rings. The highest BCUT2D eigenvalue weighted by Gasteiger charge is 2.19. The molecule has 0 fully saturated rings. The summed E-state index contributed by atoms with van der Waals surface area (Å²) in [6.07, 6.45) is 0. The van der Waals surface area contributed by atoms with Crippen molar-refractivity contribution in [2.24, 2.45) is 5.73 Å². The SMILES string of the molecule is NC(=O)CN(CC(=O)O)C(=O)Nc1cc(F)cc(F)c1. The molecule has 108 valence electrons. The molecule has 0 saturated carbocycles. The summed E-state index contributed by atoms with van der Waals surface area (Å²) in [7, 11) is 0. The fourth-order valence-corrected chi connectivity index (χ4v) is 1.38. The Hall–Kier alpha value is -2.71. The topological polar surface area (TPSA) is 113 Å². The fourth-order valence-electron chi connectivity index (χ4n) is 1.38. The van der Waals surface area contributed by atoms with Crippen molar-refractivity contribution in [2.45, 2.75) is 0 Å². The van der Waals surface area contributed by atoms with E-state index in [1.807, 2.05) is 0 Å². The van der Waals surface area contributed by atoms with Gasteiger partial charge in [0.1, 0.15) is 24.7 Å². The second-order valence-corrected chi connectivity index (χ2v) is 3.80. The normalized spacial score (nSPS) is 9.90. The smallest absolute Gasteiger partial charge is 0.323 e. The fraction of sp³-hybridized carbons (Fsp3) is 0.182. The van der Waals surface area contributed by atoms with Gasteiger partial charge in [0.25, 0.3) is 0 Å². The Morgan fingerprint density at radius 3 is 2.15 bits per heavy atom. The number of nitrogens with one attached hydrogen (secondary N) is 1. The van der Waals surface area contributed by atoms with Gasteiger partial charge in [0.05, 0.1) is 0 Å². The molecule has 0 heterocycles. The summed E-state index contributed by atoms with van der Waals surface area (Å²) in [6, 6.07) is 1.26. The van der Waals surface area contributed by atoms with Crippen LogP contribution in [0.25, 0.3) is 0 Å². The zero-order valence-electron chi connectivity index (χ0n) is 10.1. The number of amides is 3. The standard InChI is InChI=1S/C11H11F2N3O4/c12-6-1-7(13)3-8(2-6)15-11(20)16(4-9(14)17)5-10(18)19/h1-3H,4-5H2,(H2,14,17)(H,15,20)(H,18,19). The predicted molar refractivity (Wildman–Crippen MR) is 63.8 cm³/mol. The Morgan fingerprint density at radius 2 is 1.70 bits per heavy atom. The van der Waals surface area contributed by atoms with E-state index >= 15 is 0 Å². The maximum absolute atomic E-state index is 12.9. The van der Waals surface area contributed by atoms with Crippen LogP contribution in [-0.4, -0.2) is 41.0 Å². The molecule has 0 aliphatic carbocycles. The van der Waals surface area contributed by atoms with Crippen LogP contribution in [0.4, 0.5) is 19.3 Å². The number of benzene rings is 1. The zero-order chi connectivity index (χ0) is 15.3. The molecule has 1 rings (SSSR count). The minimum absolute atomic E-state index is 0.215. The second kappa shape index (κ2) is 6.45. The van der Waals surface area contributed by atoms with Crippen LogP contribution in [0.3, 0.4) is 0 Å². The van der Waals surface area contributed by atoms with Gasteiger partial charge in [-0.2, -0.15) is 0 Å². The van der Waals surface area contributed by atoms with Gasteiger partial charge >= 0.3 is 12.0 Å². The van der Waals surface area contributed by atoms with Gasteiger partial charge in [0.15, 0.2) is 0 Å². The highest BCUT2D eigenvalue weighted by Crippen LogP contribution is 2.13.